The molecule has 2 aromatic carbocycles. The van der Waals surface area contributed by atoms with Crippen molar-refractivity contribution in [3.05, 3.63) is 63.2 Å². The molecular weight excluding hydrogens is 369 g/mol. The summed E-state index contributed by atoms with van der Waals surface area (Å²) in [7, 11) is 1.82. The lowest BCUT2D eigenvalue weighted by atomic mass is 10.0. The highest BCUT2D eigenvalue weighted by Gasteiger charge is 2.23. The number of H-pyrrole nitrogens is 1. The van der Waals surface area contributed by atoms with Crippen LogP contribution < -0.4 is 5.43 Å². The van der Waals surface area contributed by atoms with Crippen molar-refractivity contribution in [2.75, 3.05) is 0 Å². The van der Waals surface area contributed by atoms with Crippen molar-refractivity contribution >= 4 is 44.7 Å². The van der Waals surface area contributed by atoms with Crippen LogP contribution in [0.1, 0.15) is 5.56 Å². The van der Waals surface area contributed by atoms with Crippen LogP contribution in [-0.2, 0) is 7.05 Å². The smallest absolute Gasteiger partial charge is 0.185 e. The molecule has 0 aliphatic carbocycles. The van der Waals surface area contributed by atoms with E-state index in [0.717, 1.165) is 0 Å². The molecule has 0 atom stereocenters. The fourth-order valence-corrected chi connectivity index (χ4v) is 3.70. The van der Waals surface area contributed by atoms with E-state index < -0.39 is 5.82 Å². The molecule has 7 heteroatoms. The van der Waals surface area contributed by atoms with Crippen molar-refractivity contribution < 1.29 is 8.81 Å². The van der Waals surface area contributed by atoms with Crippen LogP contribution in [0.25, 0.3) is 44.2 Å². The molecule has 5 rings (SSSR count). The van der Waals surface area contributed by atoms with Gasteiger partial charge in [-0.3, -0.25) is 9.48 Å². The lowest BCUT2D eigenvalue weighted by Gasteiger charge is -2.07. The Morgan fingerprint density at radius 2 is 2.00 bits per heavy atom. The molecule has 0 fully saturated rings. The molecule has 0 saturated heterocycles. The Morgan fingerprint density at radius 3 is 2.81 bits per heavy atom. The summed E-state index contributed by atoms with van der Waals surface area (Å²) in [6, 6.07) is 8.03. The van der Waals surface area contributed by atoms with Gasteiger partial charge in [-0.25, -0.2) is 9.37 Å². The number of aromatic nitrogens is 3. The van der Waals surface area contributed by atoms with Crippen molar-refractivity contribution in [1.82, 2.24) is 14.8 Å². The van der Waals surface area contributed by atoms with E-state index in [9.17, 15) is 9.18 Å². The first kappa shape index (κ1) is 16.1. The SMILES string of the molecule is Cc1c(=O)ccc2c1oc1c(-c3cccc(Cl)c3F)c3c[nH]n(C)c3nc12. The van der Waals surface area contributed by atoms with Gasteiger partial charge in [-0.2, -0.15) is 0 Å². The molecule has 0 radical (unpaired) electrons. The van der Waals surface area contributed by atoms with E-state index in [4.69, 9.17) is 21.0 Å². The van der Waals surface area contributed by atoms with Gasteiger partial charge < -0.3 is 9.52 Å². The zero-order valence-corrected chi connectivity index (χ0v) is 15.2. The van der Waals surface area contributed by atoms with E-state index >= 15 is 0 Å². The number of furan rings is 1. The summed E-state index contributed by atoms with van der Waals surface area (Å²) in [5, 5.41) is 4.50. The highest BCUT2D eigenvalue weighted by molar-refractivity contribution is 6.31. The third-order valence-electron chi connectivity index (χ3n) is 4.93. The highest BCUT2D eigenvalue weighted by atomic mass is 35.5. The first-order chi connectivity index (χ1) is 13.0. The van der Waals surface area contributed by atoms with Crippen LogP contribution >= 0.6 is 11.6 Å². The van der Waals surface area contributed by atoms with Crippen LogP contribution in [0.3, 0.4) is 0 Å². The molecule has 5 nitrogen and oxygen atoms in total. The topological polar surface area (TPSA) is 63.8 Å². The van der Waals surface area contributed by atoms with Crippen LogP contribution in [0.15, 0.2) is 45.7 Å². The van der Waals surface area contributed by atoms with Gasteiger partial charge in [0.2, 0.25) is 0 Å². The molecule has 27 heavy (non-hydrogen) atoms. The minimum atomic E-state index is -0.529. The van der Waals surface area contributed by atoms with E-state index in [1.807, 2.05) is 7.05 Å². The van der Waals surface area contributed by atoms with Gasteiger partial charge in [0.25, 0.3) is 0 Å². The van der Waals surface area contributed by atoms with Gasteiger partial charge in [-0.1, -0.05) is 23.7 Å². The van der Waals surface area contributed by atoms with Gasteiger partial charge >= 0.3 is 0 Å². The molecular formula is C20H13ClFN3O2. The third kappa shape index (κ3) is 2.10. The van der Waals surface area contributed by atoms with E-state index in [0.29, 0.717) is 49.8 Å². The average Bonchev–Trinajstić information content (AvgIpc) is 3.21. The maximum absolute atomic E-state index is 14.9. The van der Waals surface area contributed by atoms with Crippen molar-refractivity contribution in [2.45, 2.75) is 6.92 Å². The summed E-state index contributed by atoms with van der Waals surface area (Å²) in [5.41, 5.74) is 3.36. The predicted octanol–water partition coefficient (Wildman–Crippen LogP) is 4.93. The maximum Gasteiger partial charge on any atom is 0.185 e. The normalized spacial score (nSPS) is 11.9. The van der Waals surface area contributed by atoms with Crippen molar-refractivity contribution in [1.29, 1.82) is 0 Å². The number of hydrogen-bond donors (Lipinski definition) is 1. The van der Waals surface area contributed by atoms with Crippen molar-refractivity contribution in [3.8, 4) is 11.1 Å². The molecule has 0 saturated carbocycles. The van der Waals surface area contributed by atoms with Gasteiger partial charge in [0, 0.05) is 40.7 Å². The van der Waals surface area contributed by atoms with Gasteiger partial charge in [0.15, 0.2) is 16.7 Å². The van der Waals surface area contributed by atoms with Crippen molar-refractivity contribution in [2.24, 2.45) is 7.05 Å². The Balaban J connectivity index is 2.08. The molecule has 0 unspecified atom stereocenters. The van der Waals surface area contributed by atoms with Crippen LogP contribution in [0.5, 0.6) is 0 Å². The summed E-state index contributed by atoms with van der Waals surface area (Å²) < 4.78 is 22.7. The molecule has 0 bridgehead atoms. The second-order valence-corrected chi connectivity index (χ2v) is 6.91. The number of nitrogens with zero attached hydrogens (tertiary/aromatic N) is 2. The Kier molecular flexibility index (Phi) is 3.24. The average molecular weight is 382 g/mol. The Hall–Kier alpha value is -3.12. The molecule has 1 N–H and O–H groups in total. The number of halogens is 2. The molecule has 3 heterocycles. The molecule has 0 spiro atoms. The highest BCUT2D eigenvalue weighted by Crippen LogP contribution is 2.41. The summed E-state index contributed by atoms with van der Waals surface area (Å²) in [5.74, 6) is -0.529. The number of aromatic amines is 1. The summed E-state index contributed by atoms with van der Waals surface area (Å²) in [6.45, 7) is 1.71. The third-order valence-corrected chi connectivity index (χ3v) is 5.22. The molecule has 134 valence electrons. The van der Waals surface area contributed by atoms with Gasteiger partial charge in [0.1, 0.15) is 16.9 Å². The monoisotopic (exact) mass is 381 g/mol. The lowest BCUT2D eigenvalue weighted by Crippen LogP contribution is -2.01. The van der Waals surface area contributed by atoms with Crippen molar-refractivity contribution in [3.63, 3.8) is 0 Å². The van der Waals surface area contributed by atoms with Gasteiger partial charge in [-0.15, -0.1) is 0 Å². The summed E-state index contributed by atoms with van der Waals surface area (Å²) in [6.07, 6.45) is 1.75. The number of benzene rings is 2. The molecule has 0 amide bonds. The fourth-order valence-electron chi connectivity index (χ4n) is 3.52. The minimum Gasteiger partial charge on any atom is -0.453 e. The second-order valence-electron chi connectivity index (χ2n) is 6.50. The number of aryl methyl sites for hydroxylation is 2. The molecule has 0 aliphatic heterocycles. The number of fused-ring (bicyclic) bond motifs is 4. The van der Waals surface area contributed by atoms with Gasteiger partial charge in [0.05, 0.1) is 5.02 Å². The molecule has 5 aromatic rings. The van der Waals surface area contributed by atoms with Gasteiger partial charge in [-0.05, 0) is 25.1 Å². The maximum atomic E-state index is 14.9. The van der Waals surface area contributed by atoms with E-state index in [2.05, 4.69) is 5.10 Å². The molecule has 0 aliphatic rings. The Bertz CT molecular complexity index is 1450. The van der Waals surface area contributed by atoms with Crippen LogP contribution in [0, 0.1) is 12.7 Å². The molecule has 3 aromatic heterocycles. The summed E-state index contributed by atoms with van der Waals surface area (Å²) >= 11 is 6.02. The fraction of sp³-hybridized carbons (Fsp3) is 0.100. The minimum absolute atomic E-state index is 0.0275. The standard InChI is InChI=1S/C20H13ClFN3O2/c1-9-14(26)7-6-11-17-19(27-18(9)11)15(10-4-3-5-13(21)16(10)22)12-8-23-25(2)20(12)24-17/h3-8,23H,1-2H3. The Morgan fingerprint density at radius 1 is 1.19 bits per heavy atom. The zero-order chi connectivity index (χ0) is 18.9. The quantitative estimate of drug-likeness (QED) is 0.448. The second kappa shape index (κ2) is 5.44. The number of hydrogen-bond acceptors (Lipinski definition) is 3. The first-order valence-electron chi connectivity index (χ1n) is 8.31. The summed E-state index contributed by atoms with van der Waals surface area (Å²) in [4.78, 5) is 16.7. The Labute approximate surface area is 157 Å². The van der Waals surface area contributed by atoms with E-state index in [1.165, 1.54) is 12.1 Å². The number of pyridine rings is 1. The van der Waals surface area contributed by atoms with E-state index in [1.54, 1.807) is 36.0 Å². The van der Waals surface area contributed by atoms with E-state index in [-0.39, 0.29) is 10.5 Å². The largest absolute Gasteiger partial charge is 0.453 e. The lowest BCUT2D eigenvalue weighted by molar-refractivity contribution is 0.630. The number of nitrogens with one attached hydrogen (secondary N) is 1. The van der Waals surface area contributed by atoms with Crippen LogP contribution in [-0.4, -0.2) is 14.8 Å². The predicted molar refractivity (Wildman–Crippen MR) is 104 cm³/mol. The first-order valence-corrected chi connectivity index (χ1v) is 8.69. The van der Waals surface area contributed by atoms with Crippen LogP contribution in [0.2, 0.25) is 5.02 Å². The number of rotatable bonds is 1. The zero-order valence-electron chi connectivity index (χ0n) is 14.4. The van der Waals surface area contributed by atoms with Crippen LogP contribution in [0.4, 0.5) is 4.39 Å².